The molecule has 0 amide bonds. The van der Waals surface area contributed by atoms with Crippen molar-refractivity contribution >= 4 is 11.6 Å². The number of ketones is 2. The lowest BCUT2D eigenvalue weighted by molar-refractivity contribution is 0.0971. The lowest BCUT2D eigenvalue weighted by atomic mass is 9.83. The van der Waals surface area contributed by atoms with Gasteiger partial charge in [-0.3, -0.25) is 9.59 Å². The maximum absolute atomic E-state index is 13.3. The van der Waals surface area contributed by atoms with Gasteiger partial charge in [0.25, 0.3) is 0 Å². The molecular formula is C24H30N2O4. The maximum Gasteiger partial charge on any atom is 0.198 e. The molecule has 1 aliphatic carbocycles. The number of carbonyl (C=O) groups is 2. The summed E-state index contributed by atoms with van der Waals surface area (Å²) in [6.45, 7) is 2.70. The molecule has 0 heterocycles. The van der Waals surface area contributed by atoms with Gasteiger partial charge in [-0.15, -0.1) is 0 Å². The van der Waals surface area contributed by atoms with Crippen molar-refractivity contribution in [2.24, 2.45) is 0 Å². The van der Waals surface area contributed by atoms with E-state index in [0.29, 0.717) is 47.0 Å². The van der Waals surface area contributed by atoms with Crippen LogP contribution in [0.4, 0.5) is 0 Å². The van der Waals surface area contributed by atoms with E-state index in [1.165, 1.54) is 0 Å². The standard InChI is InChI=1S/C24H30N2O4/c1-25(2)13-7-15-29-19-11-12-20(30-16-8-14-26(3)4)22-21(19)23(27)17-9-5-6-10-18(17)24(22)28/h5-6,9-12H,7-8,13-16H2,1-4H3. The zero-order valence-electron chi connectivity index (χ0n) is 18.2. The van der Waals surface area contributed by atoms with Crippen LogP contribution in [0.5, 0.6) is 11.5 Å². The van der Waals surface area contributed by atoms with Crippen LogP contribution in [0.25, 0.3) is 0 Å². The SMILES string of the molecule is CN(C)CCCOc1ccc(OCCCN(C)C)c2c1C(=O)c1ccccc1C2=O. The van der Waals surface area contributed by atoms with E-state index in [2.05, 4.69) is 9.80 Å². The number of benzene rings is 2. The number of fused-ring (bicyclic) bond motifs is 2. The Labute approximate surface area is 178 Å². The third kappa shape index (κ3) is 4.89. The molecule has 0 saturated heterocycles. The van der Waals surface area contributed by atoms with Crippen molar-refractivity contribution in [1.82, 2.24) is 9.80 Å². The topological polar surface area (TPSA) is 59.1 Å². The second-order valence-corrected chi connectivity index (χ2v) is 8.03. The fraction of sp³-hybridized carbons (Fsp3) is 0.417. The van der Waals surface area contributed by atoms with E-state index in [4.69, 9.17) is 9.47 Å². The molecule has 30 heavy (non-hydrogen) atoms. The molecule has 2 aromatic carbocycles. The van der Waals surface area contributed by atoms with Gasteiger partial charge < -0.3 is 19.3 Å². The number of hydrogen-bond donors (Lipinski definition) is 0. The van der Waals surface area contributed by atoms with Crippen molar-refractivity contribution in [3.63, 3.8) is 0 Å². The molecule has 0 bridgehead atoms. The first kappa shape index (κ1) is 22.0. The van der Waals surface area contributed by atoms with Gasteiger partial charge in [0.2, 0.25) is 0 Å². The summed E-state index contributed by atoms with van der Waals surface area (Å²) in [4.78, 5) is 30.7. The van der Waals surface area contributed by atoms with Crippen LogP contribution in [0.1, 0.15) is 44.7 Å². The highest BCUT2D eigenvalue weighted by atomic mass is 16.5. The lowest BCUT2D eigenvalue weighted by Crippen LogP contribution is -2.24. The fourth-order valence-electron chi connectivity index (χ4n) is 3.53. The second-order valence-electron chi connectivity index (χ2n) is 8.03. The Bertz CT molecular complexity index is 847. The number of ether oxygens (including phenoxy) is 2. The molecular weight excluding hydrogens is 380 g/mol. The van der Waals surface area contributed by atoms with E-state index >= 15 is 0 Å². The highest BCUT2D eigenvalue weighted by Crippen LogP contribution is 2.38. The fourth-order valence-corrected chi connectivity index (χ4v) is 3.53. The van der Waals surface area contributed by atoms with E-state index in [0.717, 1.165) is 25.9 Å². The van der Waals surface area contributed by atoms with Gasteiger partial charge in [0, 0.05) is 24.2 Å². The van der Waals surface area contributed by atoms with Crippen LogP contribution < -0.4 is 9.47 Å². The molecule has 0 atom stereocenters. The average molecular weight is 411 g/mol. The lowest BCUT2D eigenvalue weighted by Gasteiger charge is -2.23. The van der Waals surface area contributed by atoms with Gasteiger partial charge >= 0.3 is 0 Å². The molecule has 0 spiro atoms. The predicted octanol–water partition coefficient (Wildman–Crippen LogP) is 3.12. The third-order valence-electron chi connectivity index (χ3n) is 5.01. The molecule has 0 aromatic heterocycles. The molecule has 3 rings (SSSR count). The van der Waals surface area contributed by atoms with E-state index in [9.17, 15) is 9.59 Å². The molecule has 160 valence electrons. The van der Waals surface area contributed by atoms with Crippen molar-refractivity contribution in [2.45, 2.75) is 12.8 Å². The Kier molecular flexibility index (Phi) is 7.24. The molecule has 0 unspecified atom stereocenters. The molecule has 0 saturated carbocycles. The molecule has 0 aliphatic heterocycles. The zero-order valence-corrected chi connectivity index (χ0v) is 18.2. The minimum absolute atomic E-state index is 0.193. The van der Waals surface area contributed by atoms with E-state index in [-0.39, 0.29) is 11.6 Å². The summed E-state index contributed by atoms with van der Waals surface area (Å²) < 4.78 is 11.9. The van der Waals surface area contributed by atoms with Gasteiger partial charge in [-0.05, 0) is 53.2 Å². The van der Waals surface area contributed by atoms with E-state index in [1.54, 1.807) is 36.4 Å². The first-order chi connectivity index (χ1) is 14.4. The molecule has 0 N–H and O–H groups in total. The number of nitrogens with zero attached hydrogens (tertiary/aromatic N) is 2. The van der Waals surface area contributed by atoms with Crippen molar-refractivity contribution in [2.75, 3.05) is 54.5 Å². The van der Waals surface area contributed by atoms with Crippen LogP contribution in [-0.2, 0) is 0 Å². The second kappa shape index (κ2) is 9.87. The van der Waals surface area contributed by atoms with Gasteiger partial charge in [0.05, 0.1) is 24.3 Å². The minimum atomic E-state index is -0.193. The number of carbonyl (C=O) groups excluding carboxylic acids is 2. The number of rotatable bonds is 10. The van der Waals surface area contributed by atoms with Crippen LogP contribution in [0, 0.1) is 0 Å². The van der Waals surface area contributed by atoms with Crippen LogP contribution in [0.3, 0.4) is 0 Å². The summed E-state index contributed by atoms with van der Waals surface area (Å²) >= 11 is 0. The smallest absolute Gasteiger partial charge is 0.198 e. The Morgan fingerprint density at radius 1 is 0.667 bits per heavy atom. The highest BCUT2D eigenvalue weighted by Gasteiger charge is 2.35. The van der Waals surface area contributed by atoms with Gasteiger partial charge in [-0.1, -0.05) is 24.3 Å². The summed E-state index contributed by atoms with van der Waals surface area (Å²) in [5.41, 5.74) is 1.46. The van der Waals surface area contributed by atoms with Crippen LogP contribution in [-0.4, -0.2) is 75.9 Å². The molecule has 0 radical (unpaired) electrons. The monoisotopic (exact) mass is 410 g/mol. The van der Waals surface area contributed by atoms with Gasteiger partial charge in [0.1, 0.15) is 11.5 Å². The van der Waals surface area contributed by atoms with Crippen LogP contribution in [0.15, 0.2) is 36.4 Å². The van der Waals surface area contributed by atoms with Gasteiger partial charge in [0.15, 0.2) is 11.6 Å². The minimum Gasteiger partial charge on any atom is -0.493 e. The molecule has 2 aromatic rings. The van der Waals surface area contributed by atoms with E-state index < -0.39 is 0 Å². The largest absolute Gasteiger partial charge is 0.493 e. The van der Waals surface area contributed by atoms with Crippen LogP contribution in [0.2, 0.25) is 0 Å². The normalized spacial score (nSPS) is 12.9. The van der Waals surface area contributed by atoms with E-state index in [1.807, 2.05) is 28.2 Å². The van der Waals surface area contributed by atoms with Crippen molar-refractivity contribution in [3.8, 4) is 11.5 Å². The summed E-state index contributed by atoms with van der Waals surface area (Å²) in [5, 5.41) is 0. The third-order valence-corrected chi connectivity index (χ3v) is 5.01. The van der Waals surface area contributed by atoms with Gasteiger partial charge in [-0.2, -0.15) is 0 Å². The first-order valence-electron chi connectivity index (χ1n) is 10.3. The highest BCUT2D eigenvalue weighted by molar-refractivity contribution is 6.30. The zero-order chi connectivity index (χ0) is 21.7. The maximum atomic E-state index is 13.3. The Morgan fingerprint density at radius 2 is 1.07 bits per heavy atom. The summed E-state index contributed by atoms with van der Waals surface area (Å²) in [5.74, 6) is 0.498. The van der Waals surface area contributed by atoms with Gasteiger partial charge in [-0.25, -0.2) is 0 Å². The van der Waals surface area contributed by atoms with Crippen LogP contribution >= 0.6 is 0 Å². The molecule has 0 fully saturated rings. The van der Waals surface area contributed by atoms with Crippen molar-refractivity contribution in [1.29, 1.82) is 0 Å². The Morgan fingerprint density at radius 3 is 1.43 bits per heavy atom. The molecule has 6 nitrogen and oxygen atoms in total. The summed E-state index contributed by atoms with van der Waals surface area (Å²) in [6, 6.07) is 10.4. The van der Waals surface area contributed by atoms with Crippen molar-refractivity contribution < 1.29 is 19.1 Å². The Hall–Kier alpha value is -2.70. The van der Waals surface area contributed by atoms with Crippen molar-refractivity contribution in [3.05, 3.63) is 58.7 Å². The quantitative estimate of drug-likeness (QED) is 0.479. The summed E-state index contributed by atoms with van der Waals surface area (Å²) in [7, 11) is 8.01. The molecule has 1 aliphatic rings. The predicted molar refractivity (Wildman–Crippen MR) is 117 cm³/mol. The molecule has 6 heteroatoms. The summed E-state index contributed by atoms with van der Waals surface area (Å²) in [6.07, 6.45) is 1.65. The average Bonchev–Trinajstić information content (AvgIpc) is 2.72. The number of hydrogen-bond acceptors (Lipinski definition) is 6. The Balaban J connectivity index is 1.92. The first-order valence-corrected chi connectivity index (χ1v) is 10.3.